The van der Waals surface area contributed by atoms with Crippen molar-refractivity contribution >= 4 is 11.0 Å². The summed E-state index contributed by atoms with van der Waals surface area (Å²) in [5.74, 6) is 2.56. The lowest BCUT2D eigenvalue weighted by molar-refractivity contribution is 0.402. The largest absolute Gasteiger partial charge is 0.459 e. The number of hydrogen-bond acceptors (Lipinski definition) is 4. The molecule has 3 rings (SSSR count). The summed E-state index contributed by atoms with van der Waals surface area (Å²) in [6, 6.07) is 8.21. The van der Waals surface area contributed by atoms with Gasteiger partial charge in [-0.2, -0.15) is 0 Å². The van der Waals surface area contributed by atoms with Crippen LogP contribution in [0.4, 0.5) is 0 Å². The predicted octanol–water partition coefficient (Wildman–Crippen LogP) is 4.20. The summed E-state index contributed by atoms with van der Waals surface area (Å²) in [6.07, 6.45) is 0. The second-order valence-corrected chi connectivity index (χ2v) is 5.44. The van der Waals surface area contributed by atoms with E-state index in [4.69, 9.17) is 8.83 Å². The Balaban J connectivity index is 1.77. The maximum Gasteiger partial charge on any atom is 0.208 e. The van der Waals surface area contributed by atoms with Crippen molar-refractivity contribution in [3.63, 3.8) is 0 Å². The molecule has 21 heavy (non-hydrogen) atoms. The van der Waals surface area contributed by atoms with Crippen LogP contribution in [-0.4, -0.2) is 4.98 Å². The summed E-state index contributed by atoms with van der Waals surface area (Å²) < 4.78 is 11.5. The van der Waals surface area contributed by atoms with E-state index in [0.29, 0.717) is 12.4 Å². The van der Waals surface area contributed by atoms with Gasteiger partial charge in [0.1, 0.15) is 17.1 Å². The third-order valence-electron chi connectivity index (χ3n) is 3.91. The second-order valence-electron chi connectivity index (χ2n) is 5.44. The van der Waals surface area contributed by atoms with Crippen molar-refractivity contribution in [2.24, 2.45) is 0 Å². The molecule has 0 bridgehead atoms. The number of benzene rings is 1. The highest BCUT2D eigenvalue weighted by atomic mass is 16.4. The zero-order chi connectivity index (χ0) is 15.0. The fourth-order valence-electron chi connectivity index (χ4n) is 2.55. The van der Waals surface area contributed by atoms with Gasteiger partial charge in [0.05, 0.1) is 18.3 Å². The molecule has 0 spiro atoms. The number of rotatable bonds is 4. The molecule has 0 aliphatic carbocycles. The number of nitrogens with one attached hydrogen (secondary N) is 1. The van der Waals surface area contributed by atoms with Crippen LogP contribution in [0.1, 0.15) is 41.6 Å². The number of fused-ring (bicyclic) bond motifs is 1. The summed E-state index contributed by atoms with van der Waals surface area (Å²) in [7, 11) is 0. The van der Waals surface area contributed by atoms with E-state index in [0.717, 1.165) is 22.8 Å². The predicted molar refractivity (Wildman–Crippen MR) is 82.2 cm³/mol. The SMILES string of the molecule is Cc1nc(CNC(C)c2oc3ccccc3c2C)oc1C. The van der Waals surface area contributed by atoms with Crippen LogP contribution in [0.5, 0.6) is 0 Å². The Morgan fingerprint density at radius 1 is 1.14 bits per heavy atom. The molecular formula is C17H20N2O2. The molecule has 0 saturated carbocycles. The number of hydrogen-bond donors (Lipinski definition) is 1. The molecule has 0 aliphatic heterocycles. The molecule has 1 aromatic carbocycles. The highest BCUT2D eigenvalue weighted by Crippen LogP contribution is 2.29. The normalized spacial score (nSPS) is 13.0. The van der Waals surface area contributed by atoms with Gasteiger partial charge in [0.2, 0.25) is 5.89 Å². The molecular weight excluding hydrogens is 264 g/mol. The minimum atomic E-state index is 0.102. The van der Waals surface area contributed by atoms with E-state index in [1.54, 1.807) is 0 Å². The lowest BCUT2D eigenvalue weighted by Gasteiger charge is -2.10. The smallest absolute Gasteiger partial charge is 0.208 e. The molecule has 0 aliphatic rings. The first kappa shape index (κ1) is 13.9. The van der Waals surface area contributed by atoms with E-state index < -0.39 is 0 Å². The van der Waals surface area contributed by atoms with Gasteiger partial charge in [0, 0.05) is 5.39 Å². The van der Waals surface area contributed by atoms with E-state index in [1.165, 1.54) is 10.9 Å². The fourth-order valence-corrected chi connectivity index (χ4v) is 2.55. The standard InChI is InChI=1S/C17H20N2O2/c1-10-14-7-5-6-8-15(14)21-17(10)12(3)18-9-16-19-11(2)13(4)20-16/h5-8,12,18H,9H2,1-4H3. The Morgan fingerprint density at radius 3 is 2.57 bits per heavy atom. The van der Waals surface area contributed by atoms with Gasteiger partial charge in [-0.25, -0.2) is 4.98 Å². The Bertz CT molecular complexity index is 751. The van der Waals surface area contributed by atoms with Crippen LogP contribution < -0.4 is 5.32 Å². The number of aromatic nitrogens is 1. The Labute approximate surface area is 124 Å². The highest BCUT2D eigenvalue weighted by Gasteiger charge is 2.16. The molecule has 4 heteroatoms. The molecule has 3 aromatic rings. The van der Waals surface area contributed by atoms with Crippen molar-refractivity contribution in [3.8, 4) is 0 Å². The molecule has 4 nitrogen and oxygen atoms in total. The van der Waals surface area contributed by atoms with Crippen LogP contribution in [-0.2, 0) is 6.54 Å². The molecule has 1 unspecified atom stereocenters. The number of para-hydroxylation sites is 1. The molecule has 2 aromatic heterocycles. The van der Waals surface area contributed by atoms with Crippen molar-refractivity contribution in [2.45, 2.75) is 40.3 Å². The minimum Gasteiger partial charge on any atom is -0.459 e. The molecule has 2 heterocycles. The number of furan rings is 1. The summed E-state index contributed by atoms with van der Waals surface area (Å²) in [5, 5.41) is 4.58. The summed E-state index contributed by atoms with van der Waals surface area (Å²) in [5.41, 5.74) is 3.06. The second kappa shape index (κ2) is 5.37. The molecule has 0 saturated heterocycles. The van der Waals surface area contributed by atoms with Crippen molar-refractivity contribution in [3.05, 3.63) is 52.9 Å². The van der Waals surface area contributed by atoms with E-state index >= 15 is 0 Å². The molecule has 0 fully saturated rings. The van der Waals surface area contributed by atoms with Crippen molar-refractivity contribution in [2.75, 3.05) is 0 Å². The topological polar surface area (TPSA) is 51.2 Å². The monoisotopic (exact) mass is 284 g/mol. The molecule has 0 amide bonds. The minimum absolute atomic E-state index is 0.102. The zero-order valence-corrected chi connectivity index (χ0v) is 12.9. The van der Waals surface area contributed by atoms with E-state index in [1.807, 2.05) is 32.0 Å². The quantitative estimate of drug-likeness (QED) is 0.780. The third kappa shape index (κ3) is 2.59. The lowest BCUT2D eigenvalue weighted by atomic mass is 10.1. The average Bonchev–Trinajstić information content (AvgIpc) is 2.98. The van der Waals surface area contributed by atoms with Crippen LogP contribution >= 0.6 is 0 Å². The van der Waals surface area contributed by atoms with Crippen LogP contribution in [0.15, 0.2) is 33.1 Å². The number of oxazole rings is 1. The first-order valence-electron chi connectivity index (χ1n) is 7.20. The summed E-state index contributed by atoms with van der Waals surface area (Å²) >= 11 is 0. The van der Waals surface area contributed by atoms with Gasteiger partial charge < -0.3 is 8.83 Å². The molecule has 0 radical (unpaired) electrons. The maximum absolute atomic E-state index is 5.96. The summed E-state index contributed by atoms with van der Waals surface area (Å²) in [4.78, 5) is 4.38. The van der Waals surface area contributed by atoms with Crippen molar-refractivity contribution < 1.29 is 8.83 Å². The van der Waals surface area contributed by atoms with Crippen molar-refractivity contribution in [1.29, 1.82) is 0 Å². The van der Waals surface area contributed by atoms with Gasteiger partial charge in [-0.1, -0.05) is 18.2 Å². The molecule has 1 atom stereocenters. The van der Waals surface area contributed by atoms with Crippen LogP contribution in [0.2, 0.25) is 0 Å². The van der Waals surface area contributed by atoms with Gasteiger partial charge in [0.25, 0.3) is 0 Å². The van der Waals surface area contributed by atoms with Gasteiger partial charge in [-0.3, -0.25) is 5.32 Å². The van der Waals surface area contributed by atoms with E-state index in [-0.39, 0.29) is 6.04 Å². The Kier molecular flexibility index (Phi) is 3.55. The van der Waals surface area contributed by atoms with Crippen LogP contribution in [0.25, 0.3) is 11.0 Å². The number of aryl methyl sites for hydroxylation is 3. The Morgan fingerprint density at radius 2 is 1.90 bits per heavy atom. The van der Waals surface area contributed by atoms with Crippen LogP contribution in [0, 0.1) is 20.8 Å². The highest BCUT2D eigenvalue weighted by molar-refractivity contribution is 5.82. The molecule has 1 N–H and O–H groups in total. The van der Waals surface area contributed by atoms with Gasteiger partial charge in [-0.05, 0) is 39.3 Å². The van der Waals surface area contributed by atoms with Gasteiger partial charge >= 0.3 is 0 Å². The molecule has 110 valence electrons. The van der Waals surface area contributed by atoms with Crippen molar-refractivity contribution in [1.82, 2.24) is 10.3 Å². The summed E-state index contributed by atoms with van der Waals surface area (Å²) in [6.45, 7) is 8.66. The number of nitrogens with zero attached hydrogens (tertiary/aromatic N) is 1. The van der Waals surface area contributed by atoms with Crippen LogP contribution in [0.3, 0.4) is 0 Å². The first-order valence-corrected chi connectivity index (χ1v) is 7.20. The van der Waals surface area contributed by atoms with Gasteiger partial charge in [0.15, 0.2) is 0 Å². The Hall–Kier alpha value is -2.07. The first-order chi connectivity index (χ1) is 10.1. The van der Waals surface area contributed by atoms with E-state index in [9.17, 15) is 0 Å². The van der Waals surface area contributed by atoms with Gasteiger partial charge in [-0.15, -0.1) is 0 Å². The average molecular weight is 284 g/mol. The van der Waals surface area contributed by atoms with E-state index in [2.05, 4.69) is 30.2 Å². The lowest BCUT2D eigenvalue weighted by Crippen LogP contribution is -2.18. The zero-order valence-electron chi connectivity index (χ0n) is 12.9. The third-order valence-corrected chi connectivity index (χ3v) is 3.91. The maximum atomic E-state index is 5.96. The fraction of sp³-hybridized carbons (Fsp3) is 0.353.